The van der Waals surface area contributed by atoms with Crippen LogP contribution in [0, 0.1) is 0 Å². The summed E-state index contributed by atoms with van der Waals surface area (Å²) in [4.78, 5) is 0. The summed E-state index contributed by atoms with van der Waals surface area (Å²) in [5.74, 6) is 0. The summed E-state index contributed by atoms with van der Waals surface area (Å²) in [6.45, 7) is 28.2. The van der Waals surface area contributed by atoms with Crippen LogP contribution in [0.5, 0.6) is 0 Å². The van der Waals surface area contributed by atoms with Crippen molar-refractivity contribution in [2.24, 2.45) is 0 Å². The Hall–Kier alpha value is 2.32. The minimum atomic E-state index is -1.26. The standard InChI is InChI=1S/C16H20O2Si4.2C6H16P2.2Pt/c1-19(2)13-9-5-7-11-15(13)21-17-22(18-21)16-12-8-6-10-14(16)20(3)4;2*1-7(2)5-6-8(3)4;;/h5-12H,1-4H3;2*5-6H2,1-4H3;;/q-4;;;2*+2. The van der Waals surface area contributed by atoms with Crippen molar-refractivity contribution in [1.29, 1.82) is 0 Å². The van der Waals surface area contributed by atoms with Gasteiger partial charge in [-0.2, -0.15) is 36.6 Å². The molecule has 0 atom stereocenters. The summed E-state index contributed by atoms with van der Waals surface area (Å²) >= 11 is 0. The molecule has 0 radical (unpaired) electrons. The summed E-state index contributed by atoms with van der Waals surface area (Å²) in [6.07, 6.45) is 5.92. The van der Waals surface area contributed by atoms with Crippen molar-refractivity contribution in [3.05, 3.63) is 48.5 Å². The van der Waals surface area contributed by atoms with E-state index in [-0.39, 0.29) is 42.1 Å². The van der Waals surface area contributed by atoms with E-state index in [0.717, 1.165) is 0 Å². The van der Waals surface area contributed by atoms with Gasteiger partial charge in [0.25, 0.3) is 0 Å². The summed E-state index contributed by atoms with van der Waals surface area (Å²) in [5, 5.41) is 5.59. The Labute approximate surface area is 289 Å². The number of hydrogen-bond acceptors (Lipinski definition) is 2. The van der Waals surface area contributed by atoms with Gasteiger partial charge in [0.15, 0.2) is 0 Å². The topological polar surface area (TPSA) is 18.5 Å². The fourth-order valence-corrected chi connectivity index (χ4v) is 18.2. The van der Waals surface area contributed by atoms with E-state index in [1.54, 1.807) is 0 Å². The number of rotatable bonds is 10. The van der Waals surface area contributed by atoms with Gasteiger partial charge in [-0.1, -0.05) is 67.1 Å². The molecule has 2 aromatic rings. The van der Waals surface area contributed by atoms with Crippen LogP contribution >= 0.6 is 31.7 Å². The minimum Gasteiger partial charge on any atom is -0.722 e. The van der Waals surface area contributed by atoms with E-state index in [9.17, 15) is 0 Å². The van der Waals surface area contributed by atoms with Crippen molar-refractivity contribution in [1.82, 2.24) is 0 Å². The molecule has 0 spiro atoms. The maximum Gasteiger partial charge on any atom is 2.00 e. The Kier molecular flexibility index (Phi) is 27.3. The van der Waals surface area contributed by atoms with Crippen LogP contribution in [0.25, 0.3) is 0 Å². The van der Waals surface area contributed by atoms with Crippen molar-refractivity contribution in [2.45, 2.75) is 26.2 Å². The van der Waals surface area contributed by atoms with Crippen molar-refractivity contribution in [2.75, 3.05) is 78.0 Å². The molecule has 40 heavy (non-hydrogen) atoms. The first-order valence-electron chi connectivity index (χ1n) is 13.3. The molecular weight excluding hydrogens is 995 g/mol. The van der Waals surface area contributed by atoms with Gasteiger partial charge in [-0.05, 0) is 78.0 Å². The molecule has 0 bridgehead atoms. The van der Waals surface area contributed by atoms with E-state index in [1.165, 1.54) is 45.4 Å². The Morgan fingerprint density at radius 2 is 0.750 bits per heavy atom. The molecule has 0 unspecified atom stereocenters. The molecule has 2 nitrogen and oxygen atoms in total. The molecule has 1 aliphatic heterocycles. The van der Waals surface area contributed by atoms with Crippen LogP contribution in [-0.4, -0.2) is 114 Å². The minimum absolute atomic E-state index is 0. The van der Waals surface area contributed by atoms with E-state index in [0.29, 0.717) is 31.7 Å². The van der Waals surface area contributed by atoms with Gasteiger partial charge in [0.2, 0.25) is 0 Å². The zero-order chi connectivity index (χ0) is 28.8. The molecule has 0 aliphatic carbocycles. The van der Waals surface area contributed by atoms with Crippen LogP contribution < -0.4 is 20.7 Å². The largest absolute Gasteiger partial charge is 2.00 e. The average molecular weight is 1050 g/mol. The van der Waals surface area contributed by atoms with Crippen LogP contribution in [0.4, 0.5) is 0 Å². The third kappa shape index (κ3) is 18.3. The van der Waals surface area contributed by atoms with Crippen molar-refractivity contribution < 1.29 is 50.4 Å². The van der Waals surface area contributed by atoms with Gasteiger partial charge in [-0.3, -0.25) is 17.6 Å². The third-order valence-electron chi connectivity index (χ3n) is 5.73. The van der Waals surface area contributed by atoms with Gasteiger partial charge in [-0.15, -0.1) is 31.7 Å². The van der Waals surface area contributed by atoms with Crippen LogP contribution in [0.2, 0.25) is 26.2 Å². The van der Waals surface area contributed by atoms with E-state index in [4.69, 9.17) is 8.23 Å². The van der Waals surface area contributed by atoms with Gasteiger partial charge in [-0.25, -0.2) is 10.4 Å². The molecule has 0 N–H and O–H groups in total. The zero-order valence-electron chi connectivity index (χ0n) is 26.7. The number of benzene rings is 2. The summed E-state index contributed by atoms with van der Waals surface area (Å²) in [6, 6.07) is 17.3. The molecular formula is C28H52O2P4Pt2Si4. The van der Waals surface area contributed by atoms with Crippen LogP contribution in [-0.2, 0) is 50.4 Å². The predicted molar refractivity (Wildman–Crippen MR) is 195 cm³/mol. The zero-order valence-corrected chi connectivity index (χ0v) is 38.8. The molecule has 2 aromatic carbocycles. The molecule has 1 heterocycles. The molecule has 1 aliphatic rings. The summed E-state index contributed by atoms with van der Waals surface area (Å²) < 4.78 is 12.6. The first-order valence-corrected chi connectivity index (χ1v) is 30.6. The second-order valence-electron chi connectivity index (χ2n) is 11.1. The molecule has 0 saturated carbocycles. The fraction of sp³-hybridized carbons (Fsp3) is 0.571. The first-order chi connectivity index (χ1) is 17.8. The Bertz CT molecular complexity index is 832. The van der Waals surface area contributed by atoms with Gasteiger partial charge >= 0.3 is 42.1 Å². The van der Waals surface area contributed by atoms with E-state index in [2.05, 4.69) is 128 Å². The quantitative estimate of drug-likeness (QED) is 0.226. The van der Waals surface area contributed by atoms with E-state index < -0.39 is 36.2 Å². The van der Waals surface area contributed by atoms with Crippen molar-refractivity contribution in [3.63, 3.8) is 0 Å². The summed E-state index contributed by atoms with van der Waals surface area (Å²) in [7, 11) is -1.94. The normalized spacial score (nSPS) is 12.1. The Balaban J connectivity index is 0. The monoisotopic (exact) mass is 1050 g/mol. The summed E-state index contributed by atoms with van der Waals surface area (Å²) in [5.41, 5.74) is 0. The average Bonchev–Trinajstić information content (AvgIpc) is 2.82. The predicted octanol–water partition coefficient (Wildman–Crippen LogP) is 5.68. The molecule has 0 aromatic heterocycles. The maximum atomic E-state index is 6.31. The second kappa shape index (κ2) is 24.5. The number of hydrogen-bond donors (Lipinski definition) is 0. The first kappa shape index (κ1) is 44.4. The van der Waals surface area contributed by atoms with Crippen LogP contribution in [0.1, 0.15) is 0 Å². The van der Waals surface area contributed by atoms with Crippen LogP contribution in [0.3, 0.4) is 0 Å². The molecule has 232 valence electrons. The van der Waals surface area contributed by atoms with Crippen molar-refractivity contribution >= 4 is 88.6 Å². The fourth-order valence-electron chi connectivity index (χ4n) is 3.39. The smallest absolute Gasteiger partial charge is 0.722 e. The van der Waals surface area contributed by atoms with Gasteiger partial charge < -0.3 is 8.23 Å². The second-order valence-corrected chi connectivity index (χ2v) is 30.4. The SMILES string of the molecule is CP(C)CCP(C)C.CP(C)CCP(C)C.C[Si-](C)c1ccccc1[Si-]1O[Si-](c2ccccc2[Si-](C)C)O1.[Pt+2].[Pt+2]. The third-order valence-corrected chi connectivity index (χ3v) is 19.2. The van der Waals surface area contributed by atoms with Gasteiger partial charge in [0.1, 0.15) is 0 Å². The van der Waals surface area contributed by atoms with E-state index >= 15 is 0 Å². The Morgan fingerprint density at radius 3 is 0.975 bits per heavy atom. The molecule has 3 rings (SSSR count). The van der Waals surface area contributed by atoms with Gasteiger partial charge in [0, 0.05) is 0 Å². The van der Waals surface area contributed by atoms with Crippen LogP contribution in [0.15, 0.2) is 48.5 Å². The molecule has 1 fully saturated rings. The molecule has 0 amide bonds. The van der Waals surface area contributed by atoms with Gasteiger partial charge in [0.05, 0.1) is 0 Å². The maximum absolute atomic E-state index is 6.31. The van der Waals surface area contributed by atoms with E-state index in [1.807, 2.05) is 0 Å². The van der Waals surface area contributed by atoms with Crippen molar-refractivity contribution in [3.8, 4) is 0 Å². The molecule has 12 heteroatoms. The molecule has 1 saturated heterocycles. The Morgan fingerprint density at radius 1 is 0.500 bits per heavy atom.